The van der Waals surface area contributed by atoms with Crippen LogP contribution in [-0.4, -0.2) is 12.7 Å². The minimum atomic E-state index is 0.297. The van der Waals surface area contributed by atoms with Crippen LogP contribution in [0.25, 0.3) is 0 Å². The highest BCUT2D eigenvalue weighted by Gasteiger charge is 2.24. The largest absolute Gasteiger partial charge is 0.373 e. The van der Waals surface area contributed by atoms with Gasteiger partial charge in [0, 0.05) is 6.42 Å². The van der Waals surface area contributed by atoms with E-state index in [0.29, 0.717) is 16.7 Å². The van der Waals surface area contributed by atoms with Gasteiger partial charge >= 0.3 is 0 Å². The summed E-state index contributed by atoms with van der Waals surface area (Å²) in [7, 11) is 0. The molecular formula is C10H8ClNO. The van der Waals surface area contributed by atoms with E-state index < -0.39 is 0 Å². The van der Waals surface area contributed by atoms with Gasteiger partial charge in [-0.05, 0) is 11.6 Å². The van der Waals surface area contributed by atoms with Crippen molar-refractivity contribution in [3.63, 3.8) is 0 Å². The summed E-state index contributed by atoms with van der Waals surface area (Å²) < 4.78 is 5.10. The minimum absolute atomic E-state index is 0.297. The third-order valence-corrected chi connectivity index (χ3v) is 2.38. The van der Waals surface area contributed by atoms with Crippen molar-refractivity contribution in [1.82, 2.24) is 0 Å². The smallest absolute Gasteiger partial charge is 0.101 e. The maximum absolute atomic E-state index is 8.86. The van der Waals surface area contributed by atoms with E-state index in [-0.39, 0.29) is 0 Å². The fourth-order valence-electron chi connectivity index (χ4n) is 1.30. The summed E-state index contributed by atoms with van der Waals surface area (Å²) in [5.74, 6) is 0. The van der Waals surface area contributed by atoms with E-state index in [1.165, 1.54) is 0 Å². The second-order valence-corrected chi connectivity index (χ2v) is 3.45. The molecule has 1 aliphatic heterocycles. The maximum atomic E-state index is 8.86. The van der Waals surface area contributed by atoms with Gasteiger partial charge in [-0.3, -0.25) is 0 Å². The monoisotopic (exact) mass is 193 g/mol. The summed E-state index contributed by atoms with van der Waals surface area (Å²) in [5.41, 5.74) is 1.57. The van der Waals surface area contributed by atoms with Gasteiger partial charge in [-0.25, -0.2) is 0 Å². The van der Waals surface area contributed by atoms with Crippen LogP contribution < -0.4 is 0 Å². The molecule has 0 bridgehead atoms. The van der Waals surface area contributed by atoms with Gasteiger partial charge in [0.25, 0.3) is 0 Å². The van der Waals surface area contributed by atoms with Crippen LogP contribution in [0.2, 0.25) is 5.02 Å². The second kappa shape index (κ2) is 3.37. The Morgan fingerprint density at radius 2 is 2.38 bits per heavy atom. The van der Waals surface area contributed by atoms with Crippen LogP contribution in [0, 0.1) is 11.3 Å². The number of epoxide rings is 1. The number of hydrogen-bond donors (Lipinski definition) is 0. The molecule has 1 atom stereocenters. The Hall–Kier alpha value is -1.04. The second-order valence-electron chi connectivity index (χ2n) is 3.05. The highest BCUT2D eigenvalue weighted by atomic mass is 35.5. The van der Waals surface area contributed by atoms with Crippen molar-refractivity contribution in [3.05, 3.63) is 34.3 Å². The van der Waals surface area contributed by atoms with Crippen LogP contribution in [-0.2, 0) is 11.2 Å². The fraction of sp³-hybridized carbons (Fsp3) is 0.300. The fourth-order valence-corrected chi connectivity index (χ4v) is 1.53. The zero-order valence-electron chi connectivity index (χ0n) is 6.96. The summed E-state index contributed by atoms with van der Waals surface area (Å²) >= 11 is 5.87. The number of benzene rings is 1. The van der Waals surface area contributed by atoms with Gasteiger partial charge in [0.05, 0.1) is 23.3 Å². The molecule has 3 heteroatoms. The lowest BCUT2D eigenvalue weighted by Gasteiger charge is -2.02. The molecular weight excluding hydrogens is 186 g/mol. The third kappa shape index (κ3) is 1.82. The highest BCUT2D eigenvalue weighted by Crippen LogP contribution is 2.23. The lowest BCUT2D eigenvalue weighted by atomic mass is 10.0. The molecule has 0 unspecified atom stereocenters. The SMILES string of the molecule is N#Cc1c(Cl)cccc1C[C@@H]1CO1. The van der Waals surface area contributed by atoms with Gasteiger partial charge in [0.15, 0.2) is 0 Å². The Kier molecular flexibility index (Phi) is 2.22. The average Bonchev–Trinajstić information content (AvgIpc) is 2.89. The molecule has 1 aliphatic rings. The molecule has 0 amide bonds. The minimum Gasteiger partial charge on any atom is -0.373 e. The van der Waals surface area contributed by atoms with Crippen LogP contribution in [0.4, 0.5) is 0 Å². The number of hydrogen-bond acceptors (Lipinski definition) is 2. The first-order valence-electron chi connectivity index (χ1n) is 4.10. The van der Waals surface area contributed by atoms with E-state index in [1.54, 1.807) is 6.07 Å². The zero-order chi connectivity index (χ0) is 9.26. The van der Waals surface area contributed by atoms with Crippen LogP contribution in [0.15, 0.2) is 18.2 Å². The first kappa shape index (κ1) is 8.55. The van der Waals surface area contributed by atoms with Crippen molar-refractivity contribution >= 4 is 11.6 Å². The molecule has 66 valence electrons. The number of rotatable bonds is 2. The van der Waals surface area contributed by atoms with Crippen molar-refractivity contribution in [2.24, 2.45) is 0 Å². The van der Waals surface area contributed by atoms with Crippen LogP contribution >= 0.6 is 11.6 Å². The molecule has 1 fully saturated rings. The first-order chi connectivity index (χ1) is 6.31. The van der Waals surface area contributed by atoms with Crippen LogP contribution in [0.5, 0.6) is 0 Å². The lowest BCUT2D eigenvalue weighted by Crippen LogP contribution is -1.96. The number of nitrogens with zero attached hydrogens (tertiary/aromatic N) is 1. The molecule has 0 saturated carbocycles. The molecule has 1 heterocycles. The molecule has 1 aromatic carbocycles. The molecule has 1 aromatic rings. The maximum Gasteiger partial charge on any atom is 0.101 e. The van der Waals surface area contributed by atoms with E-state index >= 15 is 0 Å². The molecule has 13 heavy (non-hydrogen) atoms. The molecule has 1 saturated heterocycles. The standard InChI is InChI=1S/C10H8ClNO/c11-10-3-1-2-7(9(10)5-12)4-8-6-13-8/h1-3,8H,4,6H2/t8-/m1/s1. The van der Waals surface area contributed by atoms with Gasteiger partial charge in [-0.15, -0.1) is 0 Å². The van der Waals surface area contributed by atoms with E-state index in [9.17, 15) is 0 Å². The lowest BCUT2D eigenvalue weighted by molar-refractivity contribution is 0.407. The number of ether oxygens (including phenoxy) is 1. The van der Waals surface area contributed by atoms with E-state index in [2.05, 4.69) is 6.07 Å². The van der Waals surface area contributed by atoms with Gasteiger partial charge < -0.3 is 4.74 Å². The van der Waals surface area contributed by atoms with Crippen molar-refractivity contribution in [1.29, 1.82) is 5.26 Å². The first-order valence-corrected chi connectivity index (χ1v) is 4.48. The molecule has 0 spiro atoms. The topological polar surface area (TPSA) is 36.3 Å². The Morgan fingerprint density at radius 1 is 1.62 bits per heavy atom. The number of nitriles is 1. The molecule has 0 radical (unpaired) electrons. The quantitative estimate of drug-likeness (QED) is 0.675. The van der Waals surface area contributed by atoms with E-state index in [1.807, 2.05) is 12.1 Å². The van der Waals surface area contributed by atoms with Crippen molar-refractivity contribution in [2.45, 2.75) is 12.5 Å². The summed E-state index contributed by atoms with van der Waals surface area (Å²) in [6, 6.07) is 7.63. The summed E-state index contributed by atoms with van der Waals surface area (Å²) in [4.78, 5) is 0. The average molecular weight is 194 g/mol. The van der Waals surface area contributed by atoms with Crippen LogP contribution in [0.3, 0.4) is 0 Å². The molecule has 0 N–H and O–H groups in total. The van der Waals surface area contributed by atoms with Crippen LogP contribution in [0.1, 0.15) is 11.1 Å². The van der Waals surface area contributed by atoms with Crippen molar-refractivity contribution in [3.8, 4) is 6.07 Å². The number of halogens is 1. The Morgan fingerprint density at radius 3 is 3.00 bits per heavy atom. The molecule has 2 rings (SSSR count). The molecule has 0 aliphatic carbocycles. The van der Waals surface area contributed by atoms with Gasteiger partial charge in [0.1, 0.15) is 6.07 Å². The predicted molar refractivity (Wildman–Crippen MR) is 49.6 cm³/mol. The Labute approximate surface area is 81.7 Å². The van der Waals surface area contributed by atoms with E-state index in [4.69, 9.17) is 21.6 Å². The summed E-state index contributed by atoms with van der Waals surface area (Å²) in [6.07, 6.45) is 1.09. The van der Waals surface area contributed by atoms with E-state index in [0.717, 1.165) is 18.6 Å². The highest BCUT2D eigenvalue weighted by molar-refractivity contribution is 6.31. The van der Waals surface area contributed by atoms with Crippen molar-refractivity contribution < 1.29 is 4.74 Å². The van der Waals surface area contributed by atoms with Crippen molar-refractivity contribution in [2.75, 3.05) is 6.61 Å². The van der Waals surface area contributed by atoms with Gasteiger partial charge in [-0.1, -0.05) is 23.7 Å². The molecule has 2 nitrogen and oxygen atoms in total. The Bertz CT molecular complexity index is 366. The summed E-state index contributed by atoms with van der Waals surface area (Å²) in [5, 5.41) is 9.39. The third-order valence-electron chi connectivity index (χ3n) is 2.06. The predicted octanol–water partition coefficient (Wildman–Crippen LogP) is 2.15. The normalized spacial score (nSPS) is 19.5. The van der Waals surface area contributed by atoms with Gasteiger partial charge in [-0.2, -0.15) is 5.26 Å². The molecule has 0 aromatic heterocycles. The van der Waals surface area contributed by atoms with Gasteiger partial charge in [0.2, 0.25) is 0 Å². The Balaban J connectivity index is 2.32. The zero-order valence-corrected chi connectivity index (χ0v) is 7.71. The summed E-state index contributed by atoms with van der Waals surface area (Å²) in [6.45, 7) is 0.803.